The molecule has 9 rings (SSSR count). The Kier molecular flexibility index (Phi) is 4.87. The zero-order chi connectivity index (χ0) is 27.6. The number of benzene rings is 6. The van der Waals surface area contributed by atoms with Crippen molar-refractivity contribution in [2.75, 3.05) is 4.90 Å². The highest BCUT2D eigenvalue weighted by Crippen LogP contribution is 2.39. The van der Waals surface area contributed by atoms with E-state index in [0.29, 0.717) is 0 Å². The predicted octanol–water partition coefficient (Wildman–Crippen LogP) is 10.6. The third kappa shape index (κ3) is 3.49. The van der Waals surface area contributed by atoms with E-state index < -0.39 is 0 Å². The fraction of sp³-hybridized carbons (Fsp3) is 0. The number of aromatic amines is 1. The molecular weight excluding hydrogens is 514 g/mol. The number of furan rings is 1. The molecule has 0 amide bonds. The minimum atomic E-state index is 0.895. The maximum Gasteiger partial charge on any atom is 0.135 e. The van der Waals surface area contributed by atoms with E-state index in [0.717, 1.165) is 50.2 Å². The number of anilines is 3. The third-order valence-electron chi connectivity index (χ3n) is 8.34. The molecule has 4 nitrogen and oxygen atoms in total. The summed E-state index contributed by atoms with van der Waals surface area (Å²) < 4.78 is 8.39. The van der Waals surface area contributed by atoms with Crippen molar-refractivity contribution in [1.29, 1.82) is 0 Å². The van der Waals surface area contributed by atoms with Gasteiger partial charge in [-0.15, -0.1) is 0 Å². The van der Waals surface area contributed by atoms with Gasteiger partial charge in [-0.1, -0.05) is 54.6 Å². The zero-order valence-electron chi connectivity index (χ0n) is 22.7. The average Bonchev–Trinajstić information content (AvgIpc) is 3.74. The molecule has 0 unspecified atom stereocenters. The first-order valence-electron chi connectivity index (χ1n) is 14.2. The molecule has 4 heteroatoms. The predicted molar refractivity (Wildman–Crippen MR) is 175 cm³/mol. The Morgan fingerprint density at radius 1 is 0.500 bits per heavy atom. The molecule has 6 aromatic carbocycles. The first-order valence-corrected chi connectivity index (χ1v) is 14.2. The van der Waals surface area contributed by atoms with Gasteiger partial charge >= 0.3 is 0 Å². The molecule has 1 N–H and O–H groups in total. The van der Waals surface area contributed by atoms with Crippen molar-refractivity contribution in [3.63, 3.8) is 0 Å². The zero-order valence-corrected chi connectivity index (χ0v) is 22.7. The molecule has 3 heterocycles. The van der Waals surface area contributed by atoms with E-state index in [4.69, 9.17) is 4.42 Å². The second-order valence-corrected chi connectivity index (χ2v) is 10.8. The number of hydrogen-bond donors (Lipinski definition) is 1. The highest BCUT2D eigenvalue weighted by Gasteiger charge is 2.16. The summed E-state index contributed by atoms with van der Waals surface area (Å²) in [4.78, 5) is 5.87. The summed E-state index contributed by atoms with van der Waals surface area (Å²) >= 11 is 0. The van der Waals surface area contributed by atoms with E-state index in [1.807, 2.05) is 12.1 Å². The van der Waals surface area contributed by atoms with Crippen LogP contribution in [0.1, 0.15) is 0 Å². The summed E-state index contributed by atoms with van der Waals surface area (Å²) in [6.07, 6.45) is 2.16. The largest absolute Gasteiger partial charge is 0.456 e. The van der Waals surface area contributed by atoms with Gasteiger partial charge in [0.2, 0.25) is 0 Å². The van der Waals surface area contributed by atoms with Crippen LogP contribution in [0.15, 0.2) is 150 Å². The molecule has 0 spiro atoms. The summed E-state index contributed by atoms with van der Waals surface area (Å²) in [5, 5.41) is 5.94. The van der Waals surface area contributed by atoms with Gasteiger partial charge in [-0.3, -0.25) is 0 Å². The van der Waals surface area contributed by atoms with Gasteiger partial charge in [0.05, 0.1) is 5.52 Å². The van der Waals surface area contributed by atoms with Gasteiger partial charge in [-0.25, -0.2) is 0 Å². The molecule has 9 aromatic rings. The number of aromatic nitrogens is 2. The van der Waals surface area contributed by atoms with Crippen molar-refractivity contribution in [1.82, 2.24) is 9.55 Å². The molecule has 0 atom stereocenters. The number of hydrogen-bond acceptors (Lipinski definition) is 2. The first kappa shape index (κ1) is 23.0. The van der Waals surface area contributed by atoms with Crippen molar-refractivity contribution in [2.45, 2.75) is 0 Å². The van der Waals surface area contributed by atoms with E-state index >= 15 is 0 Å². The lowest BCUT2D eigenvalue weighted by molar-refractivity contribution is 0.669. The van der Waals surface area contributed by atoms with E-state index in [2.05, 4.69) is 148 Å². The first-order chi connectivity index (χ1) is 20.8. The van der Waals surface area contributed by atoms with Crippen molar-refractivity contribution < 1.29 is 4.42 Å². The van der Waals surface area contributed by atoms with Gasteiger partial charge in [-0.05, 0) is 84.9 Å². The highest BCUT2D eigenvalue weighted by molar-refractivity contribution is 6.11. The Morgan fingerprint density at radius 3 is 2.10 bits per heavy atom. The summed E-state index contributed by atoms with van der Waals surface area (Å²) in [5.41, 5.74) is 9.72. The van der Waals surface area contributed by atoms with Crippen LogP contribution in [0.25, 0.3) is 60.3 Å². The Labute approximate surface area is 241 Å². The van der Waals surface area contributed by atoms with Gasteiger partial charge in [0.1, 0.15) is 11.2 Å². The van der Waals surface area contributed by atoms with Crippen molar-refractivity contribution >= 4 is 71.7 Å². The Bertz CT molecular complexity index is 2410. The number of para-hydroxylation sites is 3. The molecule has 0 fully saturated rings. The number of fused-ring (bicyclic) bond motifs is 7. The molecule has 0 saturated heterocycles. The van der Waals surface area contributed by atoms with Gasteiger partial charge in [0, 0.05) is 66.9 Å². The van der Waals surface area contributed by atoms with E-state index in [-0.39, 0.29) is 0 Å². The second kappa shape index (κ2) is 8.88. The maximum absolute atomic E-state index is 6.11. The van der Waals surface area contributed by atoms with Crippen LogP contribution in [0.4, 0.5) is 17.1 Å². The lowest BCUT2D eigenvalue weighted by Crippen LogP contribution is -2.09. The van der Waals surface area contributed by atoms with E-state index in [1.165, 1.54) is 27.2 Å². The molecule has 0 aliphatic rings. The second-order valence-electron chi connectivity index (χ2n) is 10.8. The molecule has 3 aromatic heterocycles. The number of nitrogens with one attached hydrogen (secondary N) is 1. The van der Waals surface area contributed by atoms with Gasteiger partial charge in [0.25, 0.3) is 0 Å². The van der Waals surface area contributed by atoms with Crippen LogP contribution < -0.4 is 4.90 Å². The van der Waals surface area contributed by atoms with Crippen LogP contribution in [0.5, 0.6) is 0 Å². The Balaban J connectivity index is 1.16. The minimum absolute atomic E-state index is 0.895. The Hall–Kier alpha value is -5.74. The van der Waals surface area contributed by atoms with Crippen LogP contribution >= 0.6 is 0 Å². The molecule has 0 aliphatic heterocycles. The van der Waals surface area contributed by atoms with Crippen LogP contribution in [-0.2, 0) is 0 Å². The quantitative estimate of drug-likeness (QED) is 0.241. The monoisotopic (exact) mass is 539 g/mol. The lowest BCUT2D eigenvalue weighted by atomic mass is 10.1. The van der Waals surface area contributed by atoms with Crippen LogP contribution in [-0.4, -0.2) is 9.55 Å². The fourth-order valence-corrected chi connectivity index (χ4v) is 6.35. The van der Waals surface area contributed by atoms with E-state index in [1.54, 1.807) is 0 Å². The molecule has 0 aliphatic carbocycles. The fourth-order valence-electron chi connectivity index (χ4n) is 6.35. The van der Waals surface area contributed by atoms with Crippen LogP contribution in [0, 0.1) is 0 Å². The van der Waals surface area contributed by atoms with Crippen molar-refractivity contribution in [2.24, 2.45) is 0 Å². The number of nitrogens with zero attached hydrogens (tertiary/aromatic N) is 2. The molecule has 198 valence electrons. The lowest BCUT2D eigenvalue weighted by Gasteiger charge is -2.25. The van der Waals surface area contributed by atoms with Gasteiger partial charge in [-0.2, -0.15) is 0 Å². The summed E-state index contributed by atoms with van der Waals surface area (Å²) in [7, 11) is 0. The van der Waals surface area contributed by atoms with Gasteiger partial charge < -0.3 is 18.9 Å². The molecule has 42 heavy (non-hydrogen) atoms. The maximum atomic E-state index is 6.11. The average molecular weight is 540 g/mol. The SMILES string of the molecule is c1ccc(N(c2ccc(-n3ccc4cc5[nH]c6ccccc6c5cc43)cc2)c2ccc3oc4ccccc4c3c2)cc1. The molecular formula is C38H25N3O. The van der Waals surface area contributed by atoms with E-state index in [9.17, 15) is 0 Å². The summed E-state index contributed by atoms with van der Waals surface area (Å²) in [6.45, 7) is 0. The van der Waals surface area contributed by atoms with Gasteiger partial charge in [0.15, 0.2) is 0 Å². The smallest absolute Gasteiger partial charge is 0.135 e. The molecule has 0 bridgehead atoms. The molecule has 0 saturated carbocycles. The number of rotatable bonds is 4. The van der Waals surface area contributed by atoms with Crippen LogP contribution in [0.2, 0.25) is 0 Å². The highest BCUT2D eigenvalue weighted by atomic mass is 16.3. The summed E-state index contributed by atoms with van der Waals surface area (Å²) in [5.74, 6) is 0. The standard InChI is InChI=1S/C38H25N3O/c1-2-8-27(9-3-1)41(29-18-19-38-33(23-29)31-11-5-7-13-37(31)42-38)28-16-14-26(15-17-28)40-21-20-25-22-35-32(24-36(25)40)30-10-4-6-12-34(30)39-35/h1-24,39H. The topological polar surface area (TPSA) is 37.1 Å². The molecule has 0 radical (unpaired) electrons. The minimum Gasteiger partial charge on any atom is -0.456 e. The van der Waals surface area contributed by atoms with Crippen molar-refractivity contribution in [3.8, 4) is 5.69 Å². The normalized spacial score (nSPS) is 11.8. The number of H-pyrrole nitrogens is 1. The summed E-state index contributed by atoms with van der Waals surface area (Å²) in [6, 6.07) is 49.2. The third-order valence-corrected chi connectivity index (χ3v) is 8.34. The van der Waals surface area contributed by atoms with Crippen molar-refractivity contribution in [3.05, 3.63) is 146 Å². The van der Waals surface area contributed by atoms with Crippen LogP contribution in [0.3, 0.4) is 0 Å². The Morgan fingerprint density at radius 2 is 1.21 bits per heavy atom.